The first kappa shape index (κ1) is 95.5. The molecule has 0 spiro atoms. The number of aliphatic carboxylic acids is 1. The van der Waals surface area contributed by atoms with E-state index >= 15 is 0 Å². The number of aryl methyl sites for hydroxylation is 4. The molecule has 0 aliphatic carbocycles. The van der Waals surface area contributed by atoms with Gasteiger partial charge in [0.1, 0.15) is 46.2 Å². The number of aliphatic imine (C=N–C) groups is 3. The number of thiazole rings is 2. The number of anilines is 11. The first-order chi connectivity index (χ1) is 69.3. The second kappa shape index (κ2) is 43.9. The van der Waals surface area contributed by atoms with Gasteiger partial charge in [0.2, 0.25) is 47.6 Å². The van der Waals surface area contributed by atoms with E-state index in [0.29, 0.717) is 109 Å². The summed E-state index contributed by atoms with van der Waals surface area (Å²) in [7, 11) is 4.68. The molecule has 3 aliphatic rings. The van der Waals surface area contributed by atoms with Crippen LogP contribution in [0.3, 0.4) is 0 Å². The van der Waals surface area contributed by atoms with Crippen LogP contribution < -0.4 is 75.4 Å². The maximum atomic E-state index is 12.5. The van der Waals surface area contributed by atoms with Crippen LogP contribution in [-0.4, -0.2) is 160 Å². The Morgan fingerprint density at radius 1 is 0.448 bits per heavy atom. The molecular weight excluding hydrogens is 1880 g/mol. The summed E-state index contributed by atoms with van der Waals surface area (Å²) in [4.78, 5) is 170. The highest BCUT2D eigenvalue weighted by atomic mass is 32.1. The van der Waals surface area contributed by atoms with Crippen LogP contribution in [0.1, 0.15) is 46.6 Å². The molecule has 3 aliphatic heterocycles. The third-order valence-corrected chi connectivity index (χ3v) is 22.5. The molecule has 720 valence electrons. The van der Waals surface area contributed by atoms with Crippen LogP contribution in [0.25, 0.3) is 86.8 Å². The normalized spacial score (nSPS) is 13.3. The minimum absolute atomic E-state index is 0.110. The number of para-hydroxylation sites is 11. The van der Waals surface area contributed by atoms with E-state index in [0.717, 1.165) is 64.5 Å². The quantitative estimate of drug-likeness (QED) is 0.0334. The van der Waals surface area contributed by atoms with Crippen molar-refractivity contribution in [3.05, 3.63) is 306 Å². The molecule has 0 radical (unpaired) electrons. The summed E-state index contributed by atoms with van der Waals surface area (Å²) in [6.45, 7) is 5.99. The molecule has 23 rings (SSSR count). The number of nitrogens with one attached hydrogen (secondary N) is 13. The van der Waals surface area contributed by atoms with Gasteiger partial charge >= 0.3 is 42.0 Å². The van der Waals surface area contributed by atoms with E-state index in [1.165, 1.54) is 49.0 Å². The van der Waals surface area contributed by atoms with Crippen molar-refractivity contribution in [3.8, 4) is 0 Å². The number of carbonyl (C=O) groups excluding carboxylic acids is 4. The minimum Gasteiger partial charge on any atom is -0.481 e. The summed E-state index contributed by atoms with van der Waals surface area (Å²) in [5.41, 5.74) is 13.4. The number of hydrogen-bond donors (Lipinski definition) is 14. The third-order valence-electron chi connectivity index (χ3n) is 20.6. The van der Waals surface area contributed by atoms with E-state index < -0.39 is 29.9 Å². The molecule has 20 aromatic rings. The number of carboxylic acid groups (broad SMARTS) is 1. The number of ether oxygens (including phenoxy) is 2. The molecular formula is C96H82N28O17S2. The number of H-pyrrole nitrogens is 3. The second-order valence-corrected chi connectivity index (χ2v) is 33.1. The Labute approximate surface area is 812 Å². The number of nitrogens with zero attached hydrogens (tertiary/aromatic N) is 15. The van der Waals surface area contributed by atoms with Gasteiger partial charge in [-0.3, -0.25) is 101 Å². The minimum atomic E-state index is -1.09. The average molecular weight is 1960 g/mol. The lowest BCUT2D eigenvalue weighted by molar-refractivity contribution is -0.142. The largest absolute Gasteiger partial charge is 0.481 e. The molecule has 47 heteroatoms. The highest BCUT2D eigenvalue weighted by Gasteiger charge is 2.32. The molecule has 0 fully saturated rings. The lowest BCUT2D eigenvalue weighted by Crippen LogP contribution is -2.33. The van der Waals surface area contributed by atoms with Crippen molar-refractivity contribution in [2.75, 3.05) is 58.0 Å². The van der Waals surface area contributed by atoms with E-state index in [1.54, 1.807) is 37.3 Å². The number of aromatic nitrogens is 15. The van der Waals surface area contributed by atoms with Gasteiger partial charge in [-0.2, -0.15) is 29.9 Å². The molecule has 9 aromatic carbocycles. The van der Waals surface area contributed by atoms with Crippen LogP contribution in [-0.2, 0) is 53.5 Å². The van der Waals surface area contributed by atoms with Crippen LogP contribution >= 0.6 is 22.7 Å². The number of rotatable bonds is 19. The number of hydrogen-bond acceptors (Lipinski definition) is 39. The van der Waals surface area contributed by atoms with Gasteiger partial charge < -0.3 is 51.9 Å². The third kappa shape index (κ3) is 24.8. The van der Waals surface area contributed by atoms with Gasteiger partial charge in [-0.1, -0.05) is 144 Å². The Balaban J connectivity index is 0.000000115. The molecule has 143 heavy (non-hydrogen) atoms. The average Bonchev–Trinajstić information content (AvgIpc) is 0.969. The maximum Gasteiger partial charge on any atom is 0.308 e. The van der Waals surface area contributed by atoms with Crippen molar-refractivity contribution in [2.24, 2.45) is 22.0 Å². The summed E-state index contributed by atoms with van der Waals surface area (Å²) in [5, 5.41) is 38.4. The van der Waals surface area contributed by atoms with Crippen LogP contribution in [0.2, 0.25) is 0 Å². The van der Waals surface area contributed by atoms with E-state index in [9.17, 15) is 43.2 Å². The predicted molar refractivity (Wildman–Crippen MR) is 537 cm³/mol. The van der Waals surface area contributed by atoms with Crippen molar-refractivity contribution >= 4 is 221 Å². The number of amides is 3. The number of guanidine groups is 3. The monoisotopic (exact) mass is 1960 g/mol. The Morgan fingerprint density at radius 3 is 1.41 bits per heavy atom. The van der Waals surface area contributed by atoms with Crippen LogP contribution in [0.15, 0.2) is 287 Å². The number of esters is 1. The number of carbonyl (C=O) groups is 5. The zero-order valence-electron chi connectivity index (χ0n) is 76.1. The topological polar surface area (TPSA) is 609 Å². The molecule has 0 saturated carbocycles. The summed E-state index contributed by atoms with van der Waals surface area (Å²) < 4.78 is 40.8. The molecule has 3 amide bonds. The molecule has 2 unspecified atom stereocenters. The summed E-state index contributed by atoms with van der Waals surface area (Å²) in [5.74, 6) is -0.391. The van der Waals surface area contributed by atoms with Crippen molar-refractivity contribution in [2.45, 2.75) is 58.7 Å². The summed E-state index contributed by atoms with van der Waals surface area (Å²) in [6, 6.07) is 70.5. The number of carboxylic acids is 1. The maximum absolute atomic E-state index is 12.5. The number of fused-ring (bicyclic) bond motifs is 8. The second-order valence-electron chi connectivity index (χ2n) is 31.1. The summed E-state index contributed by atoms with van der Waals surface area (Å²) in [6.07, 6.45) is 0.0993. The number of benzene rings is 9. The number of oxazole rings is 5. The first-order valence-corrected chi connectivity index (χ1v) is 45.0. The molecule has 45 nitrogen and oxygen atoms in total. The van der Waals surface area contributed by atoms with Gasteiger partial charge in [0, 0.05) is 44.0 Å². The van der Waals surface area contributed by atoms with Crippen LogP contribution in [0.5, 0.6) is 0 Å². The molecule has 14 N–H and O–H groups in total. The lowest BCUT2D eigenvalue weighted by Gasteiger charge is -2.10. The van der Waals surface area contributed by atoms with E-state index in [1.807, 2.05) is 214 Å². The fourth-order valence-corrected chi connectivity index (χ4v) is 15.7. The van der Waals surface area contributed by atoms with Gasteiger partial charge in [0.25, 0.3) is 34.1 Å². The SMILES string of the molecule is COC(=O)CC1N=C(Nc2nc3ccccc3o2)NC1=O.COCc1cc(=O)[nH]c(Nc2nc3ccccc3o2)n1.Cc1ccc2oc(Nc3nc(C)cc(=O)[nH]3)nc2c1.Cc1nc(Nc2nc3ccccc3s2)[nH]c(=O)c1Cc1ccccc1.Cn1c(Nc2nc3ccccc3s2)nc(=O)c2ccccc21.O=C(O)CC1N=C(Nc2nc3ccccc3o2)NC1=O.O=C1CN=C(Nc2nc3ccccc3o2)N1. The highest BCUT2D eigenvalue weighted by molar-refractivity contribution is 7.22. The van der Waals surface area contributed by atoms with Crippen molar-refractivity contribution < 1.29 is 60.6 Å². The van der Waals surface area contributed by atoms with E-state index in [-0.39, 0.29) is 96.0 Å². The zero-order valence-corrected chi connectivity index (χ0v) is 77.8. The van der Waals surface area contributed by atoms with Crippen molar-refractivity contribution in [1.29, 1.82) is 0 Å². The van der Waals surface area contributed by atoms with Crippen LogP contribution in [0.4, 0.5) is 64.1 Å². The standard InChI is InChI=1S/C19H16N4OS.C16H12N4OS.C13H12N4O4.C13H12N4O3.C13H12N4O2.C12H10N4O4.C10H8N4O2/c1-12-14(11-13-7-3-2-4-8-13)17(24)22-18(20-12)23-19-21-15-9-5-6-10-16(15)25-19;1-20-12-8-4-2-6-10(12)14(21)18-15(20)19-16-17-11-7-3-5-9-13(11)22-16;1-20-10(18)6-8-11(19)16-12(14-8)17-13-15-7-4-2-3-5-9(7)21-13;1-19-7-8-6-11(18)16-12(14-8)17-13-15-9-4-2-3-5-10(9)20-13;1-7-3-4-10-9(5-7)15-13(19-10)17-12-14-8(2)6-11(18)16-12;17-9(18)5-7-10(19)15-11(13-7)16-12-14-6-3-1-2-4-8(6)20-12;15-8-5-11-9(13-8)14-10-12-6-3-1-2-4-7(6)16-10/h2-10H,11H2,1H3,(H2,20,21,22,23,24);2-9H,1H3,(H,17,18,19,21);2-5,8H,6H2,1H3,(H2,14,15,16,17,19);2-6H,7H2,1H3,(H2,14,15,16,17,18);3-6H,1-2H3,(H2,14,15,16,17,18);1-4,7H,5H2,(H,17,18)(H2,13,14,15,16,19);1-4H,5H2,(H2,11,12,13,14,15). The number of aromatic amines is 3. The van der Waals surface area contributed by atoms with Crippen molar-refractivity contribution in [3.63, 3.8) is 0 Å². The number of methoxy groups -OCH3 is 2. The van der Waals surface area contributed by atoms with Crippen LogP contribution in [0, 0.1) is 20.8 Å². The zero-order chi connectivity index (χ0) is 99.6. The Morgan fingerprint density at radius 2 is 0.909 bits per heavy atom. The predicted octanol–water partition coefficient (Wildman–Crippen LogP) is 13.3. The fraction of sp³-hybridized carbons (Fsp3) is 0.135. The van der Waals surface area contributed by atoms with Gasteiger partial charge in [-0.15, -0.1) is 0 Å². The molecule has 14 heterocycles. The Hall–Kier alpha value is -19.2. The van der Waals surface area contributed by atoms with Gasteiger partial charge in [-0.25, -0.2) is 39.9 Å². The van der Waals surface area contributed by atoms with Gasteiger partial charge in [-0.05, 0) is 129 Å². The van der Waals surface area contributed by atoms with Crippen molar-refractivity contribution in [1.82, 2.24) is 90.3 Å². The first-order valence-electron chi connectivity index (χ1n) is 43.4. The smallest absolute Gasteiger partial charge is 0.308 e. The Kier molecular flexibility index (Phi) is 29.3. The molecule has 2 atom stereocenters. The fourth-order valence-electron chi connectivity index (χ4n) is 14.0. The van der Waals surface area contributed by atoms with Gasteiger partial charge in [0.05, 0.1) is 69.3 Å². The van der Waals surface area contributed by atoms with Gasteiger partial charge in [0.15, 0.2) is 38.2 Å². The highest BCUT2D eigenvalue weighted by Crippen LogP contribution is 2.32. The summed E-state index contributed by atoms with van der Waals surface area (Å²) >= 11 is 3.06. The molecule has 11 aromatic heterocycles. The Bertz CT molecular complexity index is 8310. The molecule has 0 saturated heterocycles. The molecule has 0 bridgehead atoms. The lowest BCUT2D eigenvalue weighted by atomic mass is 10.1. The van der Waals surface area contributed by atoms with E-state index in [4.69, 9.17) is 31.9 Å². The van der Waals surface area contributed by atoms with E-state index in [2.05, 4.69) is 143 Å².